The summed E-state index contributed by atoms with van der Waals surface area (Å²) in [5.74, 6) is -0.463. The van der Waals surface area contributed by atoms with Gasteiger partial charge in [-0.3, -0.25) is 0 Å². The molecule has 16 heavy (non-hydrogen) atoms. The van der Waals surface area contributed by atoms with Crippen molar-refractivity contribution < 1.29 is 9.90 Å². The Morgan fingerprint density at radius 2 is 2.31 bits per heavy atom. The summed E-state index contributed by atoms with van der Waals surface area (Å²) in [4.78, 5) is 10.9. The second kappa shape index (κ2) is 4.01. The highest BCUT2D eigenvalue weighted by molar-refractivity contribution is 7.08. The molecule has 1 N–H and O–H groups in total. The zero-order valence-electron chi connectivity index (χ0n) is 8.78. The molecule has 0 bridgehead atoms. The van der Waals surface area contributed by atoms with Gasteiger partial charge < -0.3 is 5.11 Å². The minimum absolute atomic E-state index is 0.494. The smallest absolute Gasteiger partial charge is 0.328 e. The van der Waals surface area contributed by atoms with Gasteiger partial charge in [0.05, 0.1) is 0 Å². The maximum Gasteiger partial charge on any atom is 0.328 e. The van der Waals surface area contributed by atoms with Crippen LogP contribution in [0.5, 0.6) is 0 Å². The van der Waals surface area contributed by atoms with Crippen molar-refractivity contribution in [2.24, 2.45) is 0 Å². The molecule has 84 valence electrons. The second-order valence-electron chi connectivity index (χ2n) is 3.43. The molecule has 6 nitrogen and oxygen atoms in total. The number of nitrogens with zero attached hydrogens (tertiary/aromatic N) is 4. The SMILES string of the molecule is Cc1cscc1-c1nnnn1C(C)C(=O)O. The fourth-order valence-electron chi connectivity index (χ4n) is 1.33. The Bertz CT molecular complexity index is 519. The second-order valence-corrected chi connectivity index (χ2v) is 4.17. The van der Waals surface area contributed by atoms with E-state index in [2.05, 4.69) is 15.5 Å². The zero-order valence-corrected chi connectivity index (χ0v) is 9.60. The zero-order chi connectivity index (χ0) is 11.7. The van der Waals surface area contributed by atoms with E-state index in [1.54, 1.807) is 6.92 Å². The Kier molecular flexibility index (Phi) is 2.69. The maximum absolute atomic E-state index is 10.9. The van der Waals surface area contributed by atoms with E-state index >= 15 is 0 Å². The number of aryl methyl sites for hydroxylation is 1. The number of tetrazole rings is 1. The first-order valence-electron chi connectivity index (χ1n) is 4.65. The topological polar surface area (TPSA) is 80.9 Å². The third-order valence-electron chi connectivity index (χ3n) is 2.31. The lowest BCUT2D eigenvalue weighted by molar-refractivity contribution is -0.140. The number of carboxylic acids is 1. The molecule has 1 unspecified atom stereocenters. The van der Waals surface area contributed by atoms with Crippen LogP contribution in [-0.4, -0.2) is 31.3 Å². The molecule has 0 amide bonds. The number of aliphatic carboxylic acids is 1. The van der Waals surface area contributed by atoms with Crippen LogP contribution >= 0.6 is 11.3 Å². The van der Waals surface area contributed by atoms with Gasteiger partial charge in [0.2, 0.25) is 0 Å². The van der Waals surface area contributed by atoms with Crippen molar-refractivity contribution in [3.05, 3.63) is 16.3 Å². The molecular weight excluding hydrogens is 228 g/mol. The predicted molar refractivity (Wildman–Crippen MR) is 58.2 cm³/mol. The average Bonchev–Trinajstić information content (AvgIpc) is 2.84. The number of hydrogen-bond donors (Lipinski definition) is 1. The van der Waals surface area contributed by atoms with Gasteiger partial charge in [-0.15, -0.1) is 5.10 Å². The third kappa shape index (κ3) is 1.69. The summed E-state index contributed by atoms with van der Waals surface area (Å²) in [6, 6.07) is -0.774. The van der Waals surface area contributed by atoms with Crippen molar-refractivity contribution in [1.82, 2.24) is 20.2 Å². The summed E-state index contributed by atoms with van der Waals surface area (Å²) in [5, 5.41) is 23.9. The van der Waals surface area contributed by atoms with Crippen LogP contribution in [0.3, 0.4) is 0 Å². The van der Waals surface area contributed by atoms with Crippen molar-refractivity contribution in [2.45, 2.75) is 19.9 Å². The largest absolute Gasteiger partial charge is 0.480 e. The highest BCUT2D eigenvalue weighted by atomic mass is 32.1. The molecule has 0 spiro atoms. The highest BCUT2D eigenvalue weighted by Gasteiger charge is 2.21. The first-order chi connectivity index (χ1) is 7.61. The first kappa shape index (κ1) is 10.7. The molecule has 2 rings (SSSR count). The Balaban J connectivity index is 2.48. The summed E-state index contributed by atoms with van der Waals surface area (Å²) in [6.45, 7) is 3.49. The molecule has 0 saturated heterocycles. The van der Waals surface area contributed by atoms with Gasteiger partial charge in [-0.1, -0.05) is 0 Å². The van der Waals surface area contributed by atoms with E-state index in [4.69, 9.17) is 5.11 Å². The van der Waals surface area contributed by atoms with E-state index in [1.165, 1.54) is 16.0 Å². The van der Waals surface area contributed by atoms with E-state index in [0.29, 0.717) is 5.82 Å². The first-order valence-corrected chi connectivity index (χ1v) is 5.59. The van der Waals surface area contributed by atoms with E-state index in [-0.39, 0.29) is 0 Å². The van der Waals surface area contributed by atoms with E-state index in [0.717, 1.165) is 11.1 Å². The van der Waals surface area contributed by atoms with E-state index in [9.17, 15) is 4.79 Å². The Hall–Kier alpha value is -1.76. The monoisotopic (exact) mass is 238 g/mol. The Morgan fingerprint density at radius 3 is 2.88 bits per heavy atom. The summed E-state index contributed by atoms with van der Waals surface area (Å²) >= 11 is 1.54. The van der Waals surface area contributed by atoms with Gasteiger partial charge in [-0.2, -0.15) is 11.3 Å². The molecule has 0 saturated carbocycles. The molecule has 2 aromatic rings. The van der Waals surface area contributed by atoms with Crippen molar-refractivity contribution >= 4 is 17.3 Å². The van der Waals surface area contributed by atoms with Crippen LogP contribution in [0.2, 0.25) is 0 Å². The lowest BCUT2D eigenvalue weighted by Crippen LogP contribution is -2.18. The van der Waals surface area contributed by atoms with Gasteiger partial charge in [-0.25, -0.2) is 9.48 Å². The standard InChI is InChI=1S/C9H10N4O2S/c1-5-3-16-4-7(5)8-10-11-12-13(8)6(2)9(14)15/h3-4,6H,1-2H3,(H,14,15). The Labute approximate surface area is 95.5 Å². The van der Waals surface area contributed by atoms with Gasteiger partial charge in [0.15, 0.2) is 11.9 Å². The van der Waals surface area contributed by atoms with Crippen molar-refractivity contribution in [3.63, 3.8) is 0 Å². The summed E-state index contributed by atoms with van der Waals surface area (Å²) in [6.07, 6.45) is 0. The summed E-state index contributed by atoms with van der Waals surface area (Å²) in [5.41, 5.74) is 1.92. The van der Waals surface area contributed by atoms with Crippen LogP contribution in [0, 0.1) is 6.92 Å². The van der Waals surface area contributed by atoms with Crippen LogP contribution in [0.1, 0.15) is 18.5 Å². The molecule has 0 aliphatic rings. The van der Waals surface area contributed by atoms with Crippen LogP contribution in [0.4, 0.5) is 0 Å². The van der Waals surface area contributed by atoms with Gasteiger partial charge in [-0.05, 0) is 35.2 Å². The van der Waals surface area contributed by atoms with Gasteiger partial charge in [0.1, 0.15) is 0 Å². The summed E-state index contributed by atoms with van der Waals surface area (Å²) < 4.78 is 1.32. The number of carbonyl (C=O) groups is 1. The highest BCUT2D eigenvalue weighted by Crippen LogP contribution is 2.25. The molecule has 2 heterocycles. The molecule has 0 fully saturated rings. The normalized spacial score (nSPS) is 12.6. The van der Waals surface area contributed by atoms with Crippen LogP contribution in [0.25, 0.3) is 11.4 Å². The van der Waals surface area contributed by atoms with E-state index < -0.39 is 12.0 Å². The third-order valence-corrected chi connectivity index (χ3v) is 3.17. The summed E-state index contributed by atoms with van der Waals surface area (Å²) in [7, 11) is 0. The van der Waals surface area contributed by atoms with Gasteiger partial charge in [0.25, 0.3) is 0 Å². The molecule has 2 aromatic heterocycles. The lowest BCUT2D eigenvalue weighted by Gasteiger charge is -2.07. The molecule has 1 atom stereocenters. The minimum Gasteiger partial charge on any atom is -0.480 e. The van der Waals surface area contributed by atoms with Crippen LogP contribution in [0.15, 0.2) is 10.8 Å². The minimum atomic E-state index is -0.957. The van der Waals surface area contributed by atoms with Gasteiger partial charge in [0, 0.05) is 10.9 Å². The van der Waals surface area contributed by atoms with Crippen molar-refractivity contribution in [2.75, 3.05) is 0 Å². The number of hydrogen-bond acceptors (Lipinski definition) is 5. The number of carboxylic acid groups (broad SMARTS) is 1. The molecule has 0 aliphatic carbocycles. The van der Waals surface area contributed by atoms with Crippen molar-refractivity contribution in [3.8, 4) is 11.4 Å². The molecule has 7 heteroatoms. The molecule has 0 radical (unpaired) electrons. The molecule has 0 aliphatic heterocycles. The predicted octanol–water partition coefficient (Wildman–Crippen LogP) is 1.36. The fraction of sp³-hybridized carbons (Fsp3) is 0.333. The maximum atomic E-state index is 10.9. The fourth-order valence-corrected chi connectivity index (χ4v) is 2.15. The quantitative estimate of drug-likeness (QED) is 0.873. The van der Waals surface area contributed by atoms with Gasteiger partial charge >= 0.3 is 5.97 Å². The molecule has 0 aromatic carbocycles. The lowest BCUT2D eigenvalue weighted by atomic mass is 10.2. The molecular formula is C9H10N4O2S. The number of thiophene rings is 1. The van der Waals surface area contributed by atoms with E-state index in [1.807, 2.05) is 17.7 Å². The average molecular weight is 238 g/mol. The van der Waals surface area contributed by atoms with Crippen molar-refractivity contribution in [1.29, 1.82) is 0 Å². The number of aromatic nitrogens is 4. The Morgan fingerprint density at radius 1 is 1.56 bits per heavy atom. The van der Waals surface area contributed by atoms with Crippen LogP contribution < -0.4 is 0 Å². The number of rotatable bonds is 3. The van der Waals surface area contributed by atoms with Crippen LogP contribution in [-0.2, 0) is 4.79 Å².